The zero-order valence-corrected chi connectivity index (χ0v) is 12.9. The third-order valence-electron chi connectivity index (χ3n) is 2.88. The number of benzene rings is 1. The molecule has 21 heavy (non-hydrogen) atoms. The molecule has 1 aromatic heterocycles. The fourth-order valence-electron chi connectivity index (χ4n) is 1.82. The van der Waals surface area contributed by atoms with Crippen molar-refractivity contribution in [2.45, 2.75) is 19.4 Å². The maximum atomic E-state index is 13.5. The summed E-state index contributed by atoms with van der Waals surface area (Å²) in [5.41, 5.74) is 0.665. The van der Waals surface area contributed by atoms with Crippen molar-refractivity contribution in [2.24, 2.45) is 0 Å². The van der Waals surface area contributed by atoms with Crippen molar-refractivity contribution in [3.8, 4) is 5.75 Å². The van der Waals surface area contributed by atoms with Gasteiger partial charge in [0.25, 0.3) is 0 Å². The van der Waals surface area contributed by atoms with E-state index in [1.165, 1.54) is 18.5 Å². The van der Waals surface area contributed by atoms with Crippen LogP contribution in [0.2, 0.25) is 0 Å². The SMILES string of the molecule is CCCOc1cncc(C(O)c2ccc(F)c(F)c2Br)c1. The van der Waals surface area contributed by atoms with E-state index in [1.807, 2.05) is 6.92 Å². The molecule has 0 spiro atoms. The molecule has 1 aromatic carbocycles. The van der Waals surface area contributed by atoms with Crippen LogP contribution in [-0.2, 0) is 0 Å². The zero-order chi connectivity index (χ0) is 15.4. The summed E-state index contributed by atoms with van der Waals surface area (Å²) in [5.74, 6) is -1.49. The molecule has 0 amide bonds. The van der Waals surface area contributed by atoms with E-state index in [-0.39, 0.29) is 10.0 Å². The summed E-state index contributed by atoms with van der Waals surface area (Å²) in [6.45, 7) is 2.51. The van der Waals surface area contributed by atoms with Crippen molar-refractivity contribution < 1.29 is 18.6 Å². The van der Waals surface area contributed by atoms with Gasteiger partial charge in [0.15, 0.2) is 11.6 Å². The molecule has 1 heterocycles. The summed E-state index contributed by atoms with van der Waals surface area (Å²) < 4.78 is 32.0. The van der Waals surface area contributed by atoms with Crippen LogP contribution in [0.15, 0.2) is 35.1 Å². The van der Waals surface area contributed by atoms with E-state index in [0.717, 1.165) is 12.5 Å². The van der Waals surface area contributed by atoms with E-state index in [2.05, 4.69) is 20.9 Å². The fourth-order valence-corrected chi connectivity index (χ4v) is 2.35. The number of hydrogen-bond donors (Lipinski definition) is 1. The Labute approximate surface area is 129 Å². The average Bonchev–Trinajstić information content (AvgIpc) is 2.50. The normalized spacial score (nSPS) is 12.2. The van der Waals surface area contributed by atoms with E-state index in [0.29, 0.717) is 17.9 Å². The van der Waals surface area contributed by atoms with E-state index in [1.54, 1.807) is 6.07 Å². The van der Waals surface area contributed by atoms with Gasteiger partial charge in [-0.1, -0.05) is 13.0 Å². The molecular formula is C15H14BrF2NO2. The maximum absolute atomic E-state index is 13.5. The number of ether oxygens (including phenoxy) is 1. The van der Waals surface area contributed by atoms with E-state index in [4.69, 9.17) is 4.74 Å². The Hall–Kier alpha value is -1.53. The van der Waals surface area contributed by atoms with Gasteiger partial charge in [0, 0.05) is 17.3 Å². The lowest BCUT2D eigenvalue weighted by molar-refractivity contribution is 0.217. The summed E-state index contributed by atoms with van der Waals surface area (Å²) >= 11 is 2.96. The minimum absolute atomic E-state index is 0.102. The topological polar surface area (TPSA) is 42.4 Å². The first-order valence-electron chi connectivity index (χ1n) is 6.43. The second-order valence-corrected chi connectivity index (χ2v) is 5.26. The van der Waals surface area contributed by atoms with Crippen LogP contribution in [0.5, 0.6) is 5.75 Å². The molecule has 0 saturated carbocycles. The molecule has 2 rings (SSSR count). The summed E-state index contributed by atoms with van der Waals surface area (Å²) in [6, 6.07) is 3.93. The second-order valence-electron chi connectivity index (χ2n) is 4.47. The third kappa shape index (κ3) is 3.57. The number of halogens is 3. The number of aromatic nitrogens is 1. The van der Waals surface area contributed by atoms with Crippen LogP contribution >= 0.6 is 15.9 Å². The highest BCUT2D eigenvalue weighted by Gasteiger charge is 2.19. The molecule has 0 radical (unpaired) electrons. The minimum atomic E-state index is -1.13. The molecule has 3 nitrogen and oxygen atoms in total. The van der Waals surface area contributed by atoms with Gasteiger partial charge in [-0.05, 0) is 34.5 Å². The van der Waals surface area contributed by atoms with Crippen molar-refractivity contribution >= 4 is 15.9 Å². The number of rotatable bonds is 5. The fraction of sp³-hybridized carbons (Fsp3) is 0.267. The van der Waals surface area contributed by atoms with Crippen LogP contribution in [0.1, 0.15) is 30.6 Å². The molecule has 2 aromatic rings. The molecule has 1 N–H and O–H groups in total. The molecule has 1 unspecified atom stereocenters. The number of pyridine rings is 1. The molecular weight excluding hydrogens is 344 g/mol. The lowest BCUT2D eigenvalue weighted by Gasteiger charge is -2.14. The Balaban J connectivity index is 2.31. The summed E-state index contributed by atoms with van der Waals surface area (Å²) in [4.78, 5) is 3.99. The smallest absolute Gasteiger partial charge is 0.173 e. The zero-order valence-electron chi connectivity index (χ0n) is 11.3. The van der Waals surface area contributed by atoms with Crippen molar-refractivity contribution in [1.29, 1.82) is 0 Å². The van der Waals surface area contributed by atoms with Crippen molar-refractivity contribution in [3.63, 3.8) is 0 Å². The molecule has 0 bridgehead atoms. The minimum Gasteiger partial charge on any atom is -0.492 e. The van der Waals surface area contributed by atoms with Gasteiger partial charge < -0.3 is 9.84 Å². The predicted molar refractivity (Wildman–Crippen MR) is 78.1 cm³/mol. The lowest BCUT2D eigenvalue weighted by Crippen LogP contribution is -2.04. The van der Waals surface area contributed by atoms with E-state index < -0.39 is 17.7 Å². The Bertz CT molecular complexity index is 637. The molecule has 0 aliphatic carbocycles. The van der Waals surface area contributed by atoms with Gasteiger partial charge in [-0.15, -0.1) is 0 Å². The first-order chi connectivity index (χ1) is 10.0. The van der Waals surface area contributed by atoms with Gasteiger partial charge in [0.05, 0.1) is 17.3 Å². The second kappa shape index (κ2) is 6.95. The number of aliphatic hydroxyl groups excluding tert-OH is 1. The third-order valence-corrected chi connectivity index (χ3v) is 3.69. The quantitative estimate of drug-likeness (QED) is 0.822. The maximum Gasteiger partial charge on any atom is 0.173 e. The first kappa shape index (κ1) is 15.9. The Morgan fingerprint density at radius 2 is 2.10 bits per heavy atom. The molecule has 0 fully saturated rings. The highest BCUT2D eigenvalue weighted by atomic mass is 79.9. The van der Waals surface area contributed by atoms with Crippen LogP contribution in [-0.4, -0.2) is 16.7 Å². The molecule has 0 aliphatic heterocycles. The van der Waals surface area contributed by atoms with Crippen molar-refractivity contribution in [1.82, 2.24) is 4.98 Å². The first-order valence-corrected chi connectivity index (χ1v) is 7.23. The predicted octanol–water partition coefficient (Wildman–Crippen LogP) is 3.99. The molecule has 0 aliphatic rings. The van der Waals surface area contributed by atoms with Crippen molar-refractivity contribution in [2.75, 3.05) is 6.61 Å². The van der Waals surface area contributed by atoms with Crippen molar-refractivity contribution in [3.05, 3.63) is 57.8 Å². The number of nitrogens with zero attached hydrogens (tertiary/aromatic N) is 1. The van der Waals surface area contributed by atoms with Gasteiger partial charge in [0.1, 0.15) is 11.9 Å². The lowest BCUT2D eigenvalue weighted by atomic mass is 10.0. The molecule has 1 atom stereocenters. The average molecular weight is 358 g/mol. The standard InChI is InChI=1S/C15H14BrF2NO2/c1-2-5-21-10-6-9(7-19-8-10)15(20)11-3-4-12(17)14(18)13(11)16/h3-4,6-8,15,20H,2,5H2,1H3. The van der Waals surface area contributed by atoms with Crippen LogP contribution < -0.4 is 4.74 Å². The molecule has 6 heteroatoms. The van der Waals surface area contributed by atoms with Crippen LogP contribution in [0.3, 0.4) is 0 Å². The van der Waals surface area contributed by atoms with Gasteiger partial charge in [-0.25, -0.2) is 8.78 Å². The van der Waals surface area contributed by atoms with Gasteiger partial charge in [0.2, 0.25) is 0 Å². The van der Waals surface area contributed by atoms with Crippen LogP contribution in [0.4, 0.5) is 8.78 Å². The van der Waals surface area contributed by atoms with Crippen LogP contribution in [0, 0.1) is 11.6 Å². The Morgan fingerprint density at radius 1 is 1.33 bits per heavy atom. The largest absolute Gasteiger partial charge is 0.492 e. The highest BCUT2D eigenvalue weighted by molar-refractivity contribution is 9.10. The highest BCUT2D eigenvalue weighted by Crippen LogP contribution is 2.32. The Morgan fingerprint density at radius 3 is 2.81 bits per heavy atom. The van der Waals surface area contributed by atoms with Gasteiger partial charge in [-0.3, -0.25) is 4.98 Å². The van der Waals surface area contributed by atoms with Crippen LogP contribution in [0.25, 0.3) is 0 Å². The Kier molecular flexibility index (Phi) is 5.25. The van der Waals surface area contributed by atoms with Gasteiger partial charge in [-0.2, -0.15) is 0 Å². The molecule has 112 valence electrons. The monoisotopic (exact) mass is 357 g/mol. The summed E-state index contributed by atoms with van der Waals surface area (Å²) in [6.07, 6.45) is 2.71. The summed E-state index contributed by atoms with van der Waals surface area (Å²) in [7, 11) is 0. The summed E-state index contributed by atoms with van der Waals surface area (Å²) in [5, 5.41) is 10.3. The van der Waals surface area contributed by atoms with E-state index in [9.17, 15) is 13.9 Å². The van der Waals surface area contributed by atoms with E-state index >= 15 is 0 Å². The number of aliphatic hydroxyl groups is 1. The number of hydrogen-bond acceptors (Lipinski definition) is 3. The van der Waals surface area contributed by atoms with Gasteiger partial charge >= 0.3 is 0 Å². The molecule has 0 saturated heterocycles.